The van der Waals surface area contributed by atoms with E-state index in [0.29, 0.717) is 19.4 Å². The van der Waals surface area contributed by atoms with Crippen LogP contribution in [0.2, 0.25) is 0 Å². The van der Waals surface area contributed by atoms with Crippen LogP contribution in [-0.2, 0) is 22.5 Å². The number of hydrogen-bond donors (Lipinski definition) is 1. The number of carboxylic acid groups (broad SMARTS) is 1. The van der Waals surface area contributed by atoms with E-state index >= 15 is 0 Å². The normalized spacial score (nSPS) is 25.5. The summed E-state index contributed by atoms with van der Waals surface area (Å²) in [5.74, 6) is -0.789. The highest BCUT2D eigenvalue weighted by Gasteiger charge is 2.49. The fraction of sp³-hybridized carbons (Fsp3) is 0.500. The number of carbonyl (C=O) groups is 1. The van der Waals surface area contributed by atoms with Crippen molar-refractivity contribution in [1.82, 2.24) is 9.78 Å². The second-order valence-corrected chi connectivity index (χ2v) is 5.68. The Hall–Kier alpha value is -1.88. The highest BCUT2D eigenvalue weighted by atomic mass is 16.5. The Morgan fingerprint density at radius 3 is 2.90 bits per heavy atom. The number of nitrogens with zero attached hydrogens (tertiary/aromatic N) is 2. The average Bonchev–Trinajstić information content (AvgIpc) is 3.02. The minimum Gasteiger partial charge on any atom is -0.481 e. The van der Waals surface area contributed by atoms with Crippen LogP contribution in [0.5, 0.6) is 0 Å². The van der Waals surface area contributed by atoms with Crippen molar-refractivity contribution < 1.29 is 14.6 Å². The lowest BCUT2D eigenvalue weighted by molar-refractivity contribution is -0.151. The molecule has 2 unspecified atom stereocenters. The lowest BCUT2D eigenvalue weighted by atomic mass is 9.77. The molecule has 0 radical (unpaired) electrons. The average molecular weight is 288 g/mol. The second-order valence-electron chi connectivity index (χ2n) is 5.68. The first-order valence-electron chi connectivity index (χ1n) is 7.38. The molecule has 1 N–H and O–H groups in total. The molecular weight excluding hydrogens is 268 g/mol. The smallest absolute Gasteiger partial charge is 0.312 e. The molecule has 1 aromatic heterocycles. The maximum atomic E-state index is 11.8. The number of aromatic nitrogens is 2. The van der Waals surface area contributed by atoms with Crippen molar-refractivity contribution in [2.45, 2.75) is 39.3 Å². The summed E-state index contributed by atoms with van der Waals surface area (Å²) in [6, 6.07) is 7.99. The molecule has 1 aliphatic rings. The molecule has 1 aromatic carbocycles. The summed E-state index contributed by atoms with van der Waals surface area (Å²) < 4.78 is 7.46. The summed E-state index contributed by atoms with van der Waals surface area (Å²) in [7, 11) is 0. The molecule has 0 spiro atoms. The molecule has 0 bridgehead atoms. The van der Waals surface area contributed by atoms with E-state index in [9.17, 15) is 9.90 Å². The van der Waals surface area contributed by atoms with Crippen molar-refractivity contribution in [2.24, 2.45) is 5.41 Å². The molecule has 21 heavy (non-hydrogen) atoms. The minimum atomic E-state index is -0.865. The Morgan fingerprint density at radius 1 is 1.52 bits per heavy atom. The first-order chi connectivity index (χ1) is 10.1. The van der Waals surface area contributed by atoms with Gasteiger partial charge in [-0.1, -0.05) is 18.2 Å². The Morgan fingerprint density at radius 2 is 2.29 bits per heavy atom. The first-order valence-corrected chi connectivity index (χ1v) is 7.38. The van der Waals surface area contributed by atoms with Crippen molar-refractivity contribution in [2.75, 3.05) is 6.61 Å². The molecule has 1 aliphatic heterocycles. The third-order valence-corrected chi connectivity index (χ3v) is 4.64. The predicted molar refractivity (Wildman–Crippen MR) is 79.2 cm³/mol. The summed E-state index contributed by atoms with van der Waals surface area (Å²) in [4.78, 5) is 11.8. The van der Waals surface area contributed by atoms with Crippen molar-refractivity contribution in [3.05, 3.63) is 30.0 Å². The van der Waals surface area contributed by atoms with Gasteiger partial charge in [-0.2, -0.15) is 5.10 Å². The van der Waals surface area contributed by atoms with Gasteiger partial charge in [0.25, 0.3) is 0 Å². The van der Waals surface area contributed by atoms with Gasteiger partial charge in [0, 0.05) is 25.0 Å². The van der Waals surface area contributed by atoms with Crippen molar-refractivity contribution >= 4 is 16.9 Å². The molecule has 1 fully saturated rings. The lowest BCUT2D eigenvalue weighted by Gasteiger charge is -2.26. The number of aliphatic carboxylic acids is 1. The van der Waals surface area contributed by atoms with E-state index in [4.69, 9.17) is 4.74 Å². The zero-order valence-corrected chi connectivity index (χ0v) is 12.4. The van der Waals surface area contributed by atoms with E-state index in [1.54, 1.807) is 0 Å². The molecule has 0 saturated carbocycles. The van der Waals surface area contributed by atoms with Crippen LogP contribution in [0.1, 0.15) is 26.0 Å². The molecule has 3 rings (SSSR count). The van der Waals surface area contributed by atoms with E-state index in [-0.39, 0.29) is 6.10 Å². The minimum absolute atomic E-state index is 0.291. The van der Waals surface area contributed by atoms with Crippen molar-refractivity contribution in [3.8, 4) is 0 Å². The second kappa shape index (κ2) is 5.15. The van der Waals surface area contributed by atoms with Gasteiger partial charge in [-0.15, -0.1) is 0 Å². The number of ether oxygens (including phenoxy) is 1. The van der Waals surface area contributed by atoms with Crippen LogP contribution in [0.25, 0.3) is 10.9 Å². The van der Waals surface area contributed by atoms with Crippen LogP contribution in [0, 0.1) is 5.41 Å². The summed E-state index contributed by atoms with van der Waals surface area (Å²) in [5.41, 5.74) is 1.05. The maximum absolute atomic E-state index is 11.8. The van der Waals surface area contributed by atoms with Crippen LogP contribution < -0.4 is 0 Å². The maximum Gasteiger partial charge on any atom is 0.312 e. The number of benzene rings is 1. The molecule has 0 aliphatic carbocycles. The highest BCUT2D eigenvalue weighted by Crippen LogP contribution is 2.39. The molecule has 1 saturated heterocycles. The number of aryl methyl sites for hydroxylation is 1. The van der Waals surface area contributed by atoms with Gasteiger partial charge in [-0.05, 0) is 26.3 Å². The summed E-state index contributed by atoms with van der Waals surface area (Å²) >= 11 is 0. The highest BCUT2D eigenvalue weighted by molar-refractivity contribution is 5.83. The standard InChI is InChI=1S/C16H20N2O3/c1-3-18-14-7-5-4-6-12(14)13(17-18)10-16(15(19)20)8-9-21-11(16)2/h4-7,11H,3,8-10H2,1-2H3,(H,19,20). The van der Waals surface area contributed by atoms with Crippen molar-refractivity contribution in [3.63, 3.8) is 0 Å². The first kappa shape index (κ1) is 14.1. The number of carboxylic acids is 1. The Kier molecular flexibility index (Phi) is 3.45. The number of para-hydroxylation sites is 1. The molecule has 0 amide bonds. The number of rotatable bonds is 4. The van der Waals surface area contributed by atoms with Crippen LogP contribution in [0.4, 0.5) is 0 Å². The number of hydrogen-bond acceptors (Lipinski definition) is 3. The van der Waals surface area contributed by atoms with Gasteiger partial charge in [-0.25, -0.2) is 0 Å². The van der Waals surface area contributed by atoms with Gasteiger partial charge in [0.15, 0.2) is 0 Å². The Labute approximate surface area is 123 Å². The van der Waals surface area contributed by atoms with Crippen LogP contribution in [0.15, 0.2) is 24.3 Å². The van der Waals surface area contributed by atoms with Gasteiger partial charge >= 0.3 is 5.97 Å². The SMILES string of the molecule is CCn1nc(CC2(C(=O)O)CCOC2C)c2ccccc21. The van der Waals surface area contributed by atoms with Gasteiger partial charge < -0.3 is 9.84 Å². The van der Waals surface area contributed by atoms with Gasteiger partial charge in [0.1, 0.15) is 5.41 Å². The summed E-state index contributed by atoms with van der Waals surface area (Å²) in [5, 5.41) is 15.4. The largest absolute Gasteiger partial charge is 0.481 e. The summed E-state index contributed by atoms with van der Waals surface area (Å²) in [6.07, 6.45) is 0.661. The van der Waals surface area contributed by atoms with Crippen LogP contribution in [0.3, 0.4) is 0 Å². The molecular formula is C16H20N2O3. The fourth-order valence-electron chi connectivity index (χ4n) is 3.24. The van der Waals surface area contributed by atoms with E-state index in [1.165, 1.54) is 0 Å². The van der Waals surface area contributed by atoms with Crippen LogP contribution >= 0.6 is 0 Å². The van der Waals surface area contributed by atoms with Crippen molar-refractivity contribution in [1.29, 1.82) is 0 Å². The van der Waals surface area contributed by atoms with Gasteiger partial charge in [-0.3, -0.25) is 9.48 Å². The van der Waals surface area contributed by atoms with Gasteiger partial charge in [0.05, 0.1) is 17.3 Å². The monoisotopic (exact) mass is 288 g/mol. The predicted octanol–water partition coefficient (Wildman–Crippen LogP) is 2.48. The molecule has 5 nitrogen and oxygen atoms in total. The molecule has 112 valence electrons. The topological polar surface area (TPSA) is 64.4 Å². The molecule has 2 aromatic rings. The van der Waals surface area contributed by atoms with E-state index < -0.39 is 11.4 Å². The van der Waals surface area contributed by atoms with E-state index in [1.807, 2.05) is 42.8 Å². The third kappa shape index (κ3) is 2.12. The Bertz CT molecular complexity index is 679. The van der Waals surface area contributed by atoms with Crippen LogP contribution in [-0.4, -0.2) is 33.6 Å². The molecule has 5 heteroatoms. The quantitative estimate of drug-likeness (QED) is 0.938. The Balaban J connectivity index is 2.07. The fourth-order valence-corrected chi connectivity index (χ4v) is 3.24. The molecule has 2 atom stereocenters. The molecule has 2 heterocycles. The van der Waals surface area contributed by atoms with E-state index in [0.717, 1.165) is 23.1 Å². The van der Waals surface area contributed by atoms with Gasteiger partial charge in [0.2, 0.25) is 0 Å². The summed E-state index contributed by atoms with van der Waals surface area (Å²) in [6.45, 7) is 5.16. The number of fused-ring (bicyclic) bond motifs is 1. The zero-order chi connectivity index (χ0) is 15.0. The third-order valence-electron chi connectivity index (χ3n) is 4.64. The van der Waals surface area contributed by atoms with E-state index in [2.05, 4.69) is 5.10 Å². The lowest BCUT2D eigenvalue weighted by Crippen LogP contribution is -2.39. The zero-order valence-electron chi connectivity index (χ0n) is 12.4.